The number of thiazole rings is 1. The molecule has 4 N–H and O–H groups in total. The van der Waals surface area contributed by atoms with E-state index in [4.69, 9.17) is 16.2 Å². The molecule has 0 radical (unpaired) electrons. The summed E-state index contributed by atoms with van der Waals surface area (Å²) in [5.41, 5.74) is 14.6. The molecule has 0 aliphatic heterocycles. The van der Waals surface area contributed by atoms with Gasteiger partial charge >= 0.3 is 0 Å². The number of hydrogen-bond donors (Lipinski definition) is 2. The van der Waals surface area contributed by atoms with E-state index in [0.29, 0.717) is 22.2 Å². The van der Waals surface area contributed by atoms with Crippen molar-refractivity contribution in [2.75, 3.05) is 5.73 Å². The third-order valence-electron chi connectivity index (χ3n) is 3.27. The molecule has 0 bridgehead atoms. The van der Waals surface area contributed by atoms with Crippen LogP contribution < -0.4 is 11.5 Å². The molecule has 0 aliphatic rings. The minimum Gasteiger partial charge on any atom is -0.463 e. The van der Waals surface area contributed by atoms with Crippen LogP contribution in [0.3, 0.4) is 0 Å². The Bertz CT molecular complexity index is 900. The molecule has 0 atom stereocenters. The Kier molecular flexibility index (Phi) is 3.99. The fourth-order valence-electron chi connectivity index (χ4n) is 2.21. The van der Waals surface area contributed by atoms with Gasteiger partial charge in [-0.05, 0) is 42.5 Å². The van der Waals surface area contributed by atoms with Crippen LogP contribution in [0.25, 0.3) is 21.7 Å². The van der Waals surface area contributed by atoms with Gasteiger partial charge in [0.25, 0.3) is 0 Å². The van der Waals surface area contributed by atoms with Crippen LogP contribution in [0.2, 0.25) is 0 Å². The van der Waals surface area contributed by atoms with Crippen LogP contribution >= 0.6 is 11.3 Å². The first kappa shape index (κ1) is 15.1. The van der Waals surface area contributed by atoms with Crippen LogP contribution in [-0.2, 0) is 4.74 Å². The van der Waals surface area contributed by atoms with Gasteiger partial charge in [-0.2, -0.15) is 0 Å². The summed E-state index contributed by atoms with van der Waals surface area (Å²) < 4.78 is 19.5. The number of nitrogens with zero attached hydrogens (tertiary/aromatic N) is 1. The average molecular weight is 327 g/mol. The minimum atomic E-state index is -0.325. The molecule has 0 saturated heterocycles. The van der Waals surface area contributed by atoms with Crippen LogP contribution in [0.1, 0.15) is 11.1 Å². The van der Waals surface area contributed by atoms with E-state index in [1.807, 2.05) is 18.2 Å². The maximum atomic E-state index is 13.1. The molecule has 4 nitrogen and oxygen atoms in total. The van der Waals surface area contributed by atoms with Crippen molar-refractivity contribution in [3.05, 3.63) is 72.2 Å². The molecule has 1 aromatic heterocycles. The number of aromatic nitrogens is 1. The number of ether oxygens (including phenoxy) is 1. The fraction of sp³-hybridized carbons (Fsp3) is 0. The molecule has 3 rings (SSSR count). The number of hydrogen-bond acceptors (Lipinski definition) is 5. The van der Waals surface area contributed by atoms with E-state index in [0.717, 1.165) is 15.8 Å². The second-order valence-electron chi connectivity index (χ2n) is 4.77. The summed E-state index contributed by atoms with van der Waals surface area (Å²) in [7, 11) is 0. The van der Waals surface area contributed by atoms with Crippen molar-refractivity contribution in [3.8, 4) is 0 Å². The van der Waals surface area contributed by atoms with Gasteiger partial charge in [0, 0.05) is 11.1 Å². The summed E-state index contributed by atoms with van der Waals surface area (Å²) >= 11 is 1.38. The SMILES string of the molecule is C=CO/C(=C(\N)c1ccc(F)cc1)c1ccc2nc(N)sc2c1. The Labute approximate surface area is 136 Å². The third kappa shape index (κ3) is 3.02. The lowest BCUT2D eigenvalue weighted by atomic mass is 10.1. The number of halogens is 1. The summed E-state index contributed by atoms with van der Waals surface area (Å²) in [6.45, 7) is 3.58. The lowest BCUT2D eigenvalue weighted by molar-refractivity contribution is 0.439. The van der Waals surface area contributed by atoms with Gasteiger partial charge in [0.2, 0.25) is 0 Å². The minimum absolute atomic E-state index is 0.325. The Morgan fingerprint density at radius 1 is 1.17 bits per heavy atom. The Balaban J connectivity index is 2.13. The van der Waals surface area contributed by atoms with E-state index >= 15 is 0 Å². The molecule has 0 spiro atoms. The van der Waals surface area contributed by atoms with Crippen LogP contribution in [0.5, 0.6) is 0 Å². The van der Waals surface area contributed by atoms with Crippen LogP contribution in [-0.4, -0.2) is 4.98 Å². The number of benzene rings is 2. The first-order chi connectivity index (χ1) is 11.1. The quantitative estimate of drug-likeness (QED) is 0.562. The van der Waals surface area contributed by atoms with Gasteiger partial charge in [0.05, 0.1) is 22.2 Å². The van der Waals surface area contributed by atoms with E-state index < -0.39 is 0 Å². The van der Waals surface area contributed by atoms with Crippen LogP contribution in [0.4, 0.5) is 9.52 Å². The summed E-state index contributed by atoms with van der Waals surface area (Å²) in [5, 5.41) is 0.499. The van der Waals surface area contributed by atoms with Gasteiger partial charge < -0.3 is 16.2 Å². The van der Waals surface area contributed by atoms with Crippen molar-refractivity contribution in [2.45, 2.75) is 0 Å². The predicted molar refractivity (Wildman–Crippen MR) is 92.7 cm³/mol. The molecule has 2 aromatic carbocycles. The highest BCUT2D eigenvalue weighted by Gasteiger charge is 2.12. The fourth-order valence-corrected chi connectivity index (χ4v) is 2.99. The zero-order chi connectivity index (χ0) is 16.4. The van der Waals surface area contributed by atoms with Gasteiger partial charge in [0.1, 0.15) is 5.82 Å². The molecule has 0 fully saturated rings. The van der Waals surface area contributed by atoms with Crippen molar-refractivity contribution in [1.29, 1.82) is 0 Å². The van der Waals surface area contributed by atoms with E-state index in [2.05, 4.69) is 11.6 Å². The number of rotatable bonds is 4. The Morgan fingerprint density at radius 3 is 2.57 bits per heavy atom. The normalized spacial score (nSPS) is 12.0. The second-order valence-corrected chi connectivity index (χ2v) is 5.83. The lowest BCUT2D eigenvalue weighted by Gasteiger charge is -2.11. The highest BCUT2D eigenvalue weighted by molar-refractivity contribution is 7.22. The highest BCUT2D eigenvalue weighted by atomic mass is 32.1. The summed E-state index contributed by atoms with van der Waals surface area (Å²) in [6, 6.07) is 11.5. The third-order valence-corrected chi connectivity index (χ3v) is 4.12. The van der Waals surface area contributed by atoms with Crippen molar-refractivity contribution < 1.29 is 9.13 Å². The largest absolute Gasteiger partial charge is 0.463 e. The molecular weight excluding hydrogens is 313 g/mol. The number of anilines is 1. The van der Waals surface area contributed by atoms with E-state index in [1.165, 1.54) is 29.7 Å². The molecule has 116 valence electrons. The first-order valence-corrected chi connectivity index (χ1v) is 7.60. The van der Waals surface area contributed by atoms with Gasteiger partial charge in [-0.25, -0.2) is 9.37 Å². The Hall–Kier alpha value is -2.86. The van der Waals surface area contributed by atoms with E-state index in [-0.39, 0.29) is 5.82 Å². The molecule has 1 heterocycles. The molecule has 0 unspecified atom stereocenters. The lowest BCUT2D eigenvalue weighted by Crippen LogP contribution is -2.02. The van der Waals surface area contributed by atoms with Gasteiger partial charge in [-0.3, -0.25) is 0 Å². The summed E-state index contributed by atoms with van der Waals surface area (Å²) in [6.07, 6.45) is 1.30. The summed E-state index contributed by atoms with van der Waals surface area (Å²) in [4.78, 5) is 4.22. The predicted octanol–water partition coefficient (Wildman–Crippen LogP) is 3.96. The van der Waals surface area contributed by atoms with E-state index in [9.17, 15) is 4.39 Å². The molecule has 3 aromatic rings. The first-order valence-electron chi connectivity index (χ1n) is 6.78. The molecule has 23 heavy (non-hydrogen) atoms. The maximum Gasteiger partial charge on any atom is 0.181 e. The van der Waals surface area contributed by atoms with Crippen molar-refractivity contribution in [1.82, 2.24) is 4.98 Å². The average Bonchev–Trinajstić information content (AvgIpc) is 2.92. The highest BCUT2D eigenvalue weighted by Crippen LogP contribution is 2.30. The van der Waals surface area contributed by atoms with Crippen molar-refractivity contribution in [3.63, 3.8) is 0 Å². The van der Waals surface area contributed by atoms with Crippen molar-refractivity contribution >= 4 is 38.1 Å². The van der Waals surface area contributed by atoms with Gasteiger partial charge in [-0.15, -0.1) is 0 Å². The molecule has 6 heteroatoms. The monoisotopic (exact) mass is 327 g/mol. The topological polar surface area (TPSA) is 74.2 Å². The molecule has 0 saturated carbocycles. The zero-order valence-electron chi connectivity index (χ0n) is 12.1. The van der Waals surface area contributed by atoms with Gasteiger partial charge in [-0.1, -0.05) is 17.9 Å². The maximum absolute atomic E-state index is 13.1. The van der Waals surface area contributed by atoms with Crippen LogP contribution in [0, 0.1) is 5.82 Å². The number of nitrogens with two attached hydrogens (primary N) is 2. The smallest absolute Gasteiger partial charge is 0.181 e. The number of nitrogen functional groups attached to an aromatic ring is 1. The molecule has 0 amide bonds. The molecular formula is C17H14FN3OS. The van der Waals surface area contributed by atoms with Crippen LogP contribution in [0.15, 0.2) is 55.3 Å². The van der Waals surface area contributed by atoms with Crippen molar-refractivity contribution in [2.24, 2.45) is 5.73 Å². The summed E-state index contributed by atoms with van der Waals surface area (Å²) in [5.74, 6) is 0.120. The molecule has 0 aliphatic carbocycles. The van der Waals surface area contributed by atoms with E-state index in [1.54, 1.807) is 12.1 Å². The zero-order valence-corrected chi connectivity index (χ0v) is 12.9. The Morgan fingerprint density at radius 2 is 1.87 bits per heavy atom. The number of fused-ring (bicyclic) bond motifs is 1. The standard InChI is InChI=1S/C17H14FN3OS/c1-2-22-16(15(19)10-3-6-12(18)7-4-10)11-5-8-13-14(9-11)23-17(20)21-13/h2-9H,1,19H2,(H2,20,21)/b16-15-. The second kappa shape index (κ2) is 6.10. The van der Waals surface area contributed by atoms with Gasteiger partial charge in [0.15, 0.2) is 10.9 Å².